The van der Waals surface area contributed by atoms with Crippen LogP contribution in [0.1, 0.15) is 37.7 Å². The van der Waals surface area contributed by atoms with Crippen molar-refractivity contribution in [2.24, 2.45) is 0 Å². The highest BCUT2D eigenvalue weighted by Gasteiger charge is 2.33. The van der Waals surface area contributed by atoms with Gasteiger partial charge in [-0.05, 0) is 18.4 Å². The van der Waals surface area contributed by atoms with E-state index in [-0.39, 0.29) is 12.2 Å². The van der Waals surface area contributed by atoms with Crippen molar-refractivity contribution < 1.29 is 14.3 Å². The summed E-state index contributed by atoms with van der Waals surface area (Å²) < 4.78 is 10.8. The molecule has 1 aliphatic carbocycles. The van der Waals surface area contributed by atoms with Crippen molar-refractivity contribution in [3.63, 3.8) is 0 Å². The molecule has 0 aromatic heterocycles. The molecule has 0 radical (unpaired) electrons. The van der Waals surface area contributed by atoms with Crippen molar-refractivity contribution in [1.82, 2.24) is 4.90 Å². The molecule has 114 valence electrons. The number of carbonyl (C=O) groups excluding carboxylic acids is 1. The van der Waals surface area contributed by atoms with Crippen LogP contribution in [0.4, 0.5) is 4.79 Å². The van der Waals surface area contributed by atoms with E-state index in [0.717, 1.165) is 25.0 Å². The first-order valence-electron chi connectivity index (χ1n) is 7.92. The topological polar surface area (TPSA) is 42.1 Å². The molecule has 3 rings (SSSR count). The lowest BCUT2D eigenvalue weighted by molar-refractivity contribution is 0.0684. The Morgan fingerprint density at radius 3 is 2.57 bits per heavy atom. The number of carbonyl (C=O) groups is 1. The monoisotopic (exact) mass is 289 g/mol. The van der Waals surface area contributed by atoms with E-state index in [1.54, 1.807) is 0 Å². The van der Waals surface area contributed by atoms with Crippen molar-refractivity contribution in [3.8, 4) is 0 Å². The number of amides is 1. The van der Waals surface area contributed by atoms with Crippen molar-refractivity contribution in [2.75, 3.05) is 13.2 Å². The number of hydrogen-bond donors (Lipinski definition) is 0. The minimum absolute atomic E-state index is 0.193. The van der Waals surface area contributed by atoms with E-state index < -0.39 is 0 Å². The molecule has 1 saturated heterocycles. The second kappa shape index (κ2) is 6.94. The van der Waals surface area contributed by atoms with Gasteiger partial charge in [-0.25, -0.2) is 4.79 Å². The van der Waals surface area contributed by atoms with E-state index in [2.05, 4.69) is 0 Å². The fourth-order valence-electron chi connectivity index (χ4n) is 2.96. The van der Waals surface area contributed by atoms with Crippen LogP contribution in [0.15, 0.2) is 30.3 Å². The van der Waals surface area contributed by atoms with Crippen LogP contribution in [0.2, 0.25) is 0 Å². The van der Waals surface area contributed by atoms with Gasteiger partial charge in [0.05, 0.1) is 19.3 Å². The molecule has 4 heteroatoms. The maximum atomic E-state index is 12.4. The van der Waals surface area contributed by atoms with Crippen LogP contribution in [0.5, 0.6) is 0 Å². The first kappa shape index (κ1) is 14.4. The first-order valence-corrected chi connectivity index (χ1v) is 7.92. The van der Waals surface area contributed by atoms with Crippen LogP contribution in [0.25, 0.3) is 0 Å². The molecule has 1 atom stereocenters. The van der Waals surface area contributed by atoms with Crippen molar-refractivity contribution in [1.29, 1.82) is 0 Å². The zero-order chi connectivity index (χ0) is 14.5. The molecule has 1 saturated carbocycles. The Labute approximate surface area is 126 Å². The molecule has 0 N–H and O–H groups in total. The summed E-state index contributed by atoms with van der Waals surface area (Å²) in [5.74, 6) is 0. The molecule has 0 bridgehead atoms. The lowest BCUT2D eigenvalue weighted by Crippen LogP contribution is -2.43. The summed E-state index contributed by atoms with van der Waals surface area (Å²) >= 11 is 0. The van der Waals surface area contributed by atoms with Gasteiger partial charge in [-0.2, -0.15) is 0 Å². The van der Waals surface area contributed by atoms with Gasteiger partial charge >= 0.3 is 6.09 Å². The summed E-state index contributed by atoms with van der Waals surface area (Å²) in [5, 5.41) is 0. The predicted molar refractivity (Wildman–Crippen MR) is 79.9 cm³/mol. The second-order valence-corrected chi connectivity index (χ2v) is 5.94. The Kier molecular flexibility index (Phi) is 4.76. The van der Waals surface area contributed by atoms with E-state index >= 15 is 0 Å². The molecule has 4 nitrogen and oxygen atoms in total. The average molecular weight is 289 g/mol. The molecule has 1 aromatic rings. The third-order valence-electron chi connectivity index (χ3n) is 4.26. The summed E-state index contributed by atoms with van der Waals surface area (Å²) in [7, 11) is 0. The molecule has 1 amide bonds. The van der Waals surface area contributed by atoms with Crippen LogP contribution in [-0.4, -0.2) is 36.3 Å². The molecular formula is C17H23NO3. The van der Waals surface area contributed by atoms with Crippen LogP contribution in [0.3, 0.4) is 0 Å². The molecule has 1 unspecified atom stereocenters. The molecule has 0 spiro atoms. The Morgan fingerprint density at radius 1 is 1.19 bits per heavy atom. The molecular weight excluding hydrogens is 266 g/mol. The summed E-state index contributed by atoms with van der Waals surface area (Å²) in [6.45, 7) is 1.79. The minimum Gasteiger partial charge on any atom is -0.445 e. The Bertz CT molecular complexity index is 452. The summed E-state index contributed by atoms with van der Waals surface area (Å²) in [6, 6.07) is 10.2. The first-order chi connectivity index (χ1) is 10.3. The van der Waals surface area contributed by atoms with Gasteiger partial charge in [0, 0.05) is 6.04 Å². The van der Waals surface area contributed by atoms with E-state index in [0.29, 0.717) is 19.2 Å². The van der Waals surface area contributed by atoms with E-state index in [1.807, 2.05) is 35.2 Å². The Morgan fingerprint density at radius 2 is 1.90 bits per heavy atom. The van der Waals surface area contributed by atoms with Gasteiger partial charge in [-0.15, -0.1) is 0 Å². The number of benzene rings is 1. The van der Waals surface area contributed by atoms with E-state index in [1.165, 1.54) is 19.3 Å². The lowest BCUT2D eigenvalue weighted by atomic mass is 9.94. The number of epoxide rings is 1. The zero-order valence-corrected chi connectivity index (χ0v) is 12.4. The maximum absolute atomic E-state index is 12.4. The van der Waals surface area contributed by atoms with Crippen molar-refractivity contribution in [2.45, 2.75) is 50.9 Å². The highest BCUT2D eigenvalue weighted by Crippen LogP contribution is 2.25. The van der Waals surface area contributed by atoms with Crippen molar-refractivity contribution in [3.05, 3.63) is 35.9 Å². The number of nitrogens with zero attached hydrogens (tertiary/aromatic N) is 1. The SMILES string of the molecule is O=C(OCc1ccccc1)N(CC1CO1)C1CCCCC1. The van der Waals surface area contributed by atoms with Crippen LogP contribution < -0.4 is 0 Å². The Hall–Kier alpha value is -1.55. The lowest BCUT2D eigenvalue weighted by Gasteiger charge is -2.33. The van der Waals surface area contributed by atoms with Gasteiger partial charge in [-0.1, -0.05) is 49.6 Å². The second-order valence-electron chi connectivity index (χ2n) is 5.94. The van der Waals surface area contributed by atoms with Crippen molar-refractivity contribution >= 4 is 6.09 Å². The molecule has 2 aliphatic rings. The highest BCUT2D eigenvalue weighted by atomic mass is 16.6. The summed E-state index contributed by atoms with van der Waals surface area (Å²) in [4.78, 5) is 14.3. The normalized spacial score (nSPS) is 21.8. The minimum atomic E-state index is -0.193. The zero-order valence-electron chi connectivity index (χ0n) is 12.4. The predicted octanol–water partition coefficient (Wildman–Crippen LogP) is 3.36. The number of hydrogen-bond acceptors (Lipinski definition) is 3. The van der Waals surface area contributed by atoms with Gasteiger partial charge in [0.15, 0.2) is 0 Å². The molecule has 1 heterocycles. The third kappa shape index (κ3) is 4.21. The fraction of sp³-hybridized carbons (Fsp3) is 0.588. The van der Waals surface area contributed by atoms with Crippen LogP contribution in [-0.2, 0) is 16.1 Å². The molecule has 2 fully saturated rings. The molecule has 1 aliphatic heterocycles. The van der Waals surface area contributed by atoms with Gasteiger partial charge < -0.3 is 14.4 Å². The summed E-state index contributed by atoms with van der Waals surface area (Å²) in [5.41, 5.74) is 1.03. The van der Waals surface area contributed by atoms with Gasteiger partial charge in [0.1, 0.15) is 6.61 Å². The van der Waals surface area contributed by atoms with Crippen LogP contribution in [0, 0.1) is 0 Å². The summed E-state index contributed by atoms with van der Waals surface area (Å²) in [6.07, 6.45) is 5.90. The quantitative estimate of drug-likeness (QED) is 0.781. The van der Waals surface area contributed by atoms with E-state index in [9.17, 15) is 4.79 Å². The van der Waals surface area contributed by atoms with Gasteiger partial charge in [-0.3, -0.25) is 0 Å². The third-order valence-corrected chi connectivity index (χ3v) is 4.26. The van der Waals surface area contributed by atoms with Gasteiger partial charge in [0.25, 0.3) is 0 Å². The van der Waals surface area contributed by atoms with Crippen LogP contribution >= 0.6 is 0 Å². The smallest absolute Gasteiger partial charge is 0.410 e. The standard InChI is InChI=1S/C17H23NO3/c19-17(21-12-14-7-3-1-4-8-14)18(11-16-13-20-16)15-9-5-2-6-10-15/h1,3-4,7-8,15-16H,2,5-6,9-13H2. The molecule has 1 aromatic carbocycles. The van der Waals surface area contributed by atoms with Gasteiger partial charge in [0.2, 0.25) is 0 Å². The molecule has 21 heavy (non-hydrogen) atoms. The number of ether oxygens (including phenoxy) is 2. The average Bonchev–Trinajstić information content (AvgIpc) is 3.36. The maximum Gasteiger partial charge on any atom is 0.410 e. The fourth-order valence-corrected chi connectivity index (χ4v) is 2.96. The highest BCUT2D eigenvalue weighted by molar-refractivity contribution is 5.68. The number of rotatable bonds is 5. The van der Waals surface area contributed by atoms with E-state index in [4.69, 9.17) is 9.47 Å². The Balaban J connectivity index is 1.57. The largest absolute Gasteiger partial charge is 0.445 e.